The molecule has 2 aromatic heterocycles. The van der Waals surface area contributed by atoms with Crippen LogP contribution in [-0.4, -0.2) is 49.6 Å². The van der Waals surface area contributed by atoms with Crippen molar-refractivity contribution in [2.75, 3.05) is 13.1 Å². The van der Waals surface area contributed by atoms with E-state index in [1.54, 1.807) is 6.20 Å². The summed E-state index contributed by atoms with van der Waals surface area (Å²) in [6.07, 6.45) is 2.61. The van der Waals surface area contributed by atoms with E-state index < -0.39 is 0 Å². The van der Waals surface area contributed by atoms with Crippen LogP contribution in [-0.2, 0) is 18.4 Å². The van der Waals surface area contributed by atoms with E-state index in [0.717, 1.165) is 23.0 Å². The fourth-order valence-electron chi connectivity index (χ4n) is 4.03. The van der Waals surface area contributed by atoms with Crippen molar-refractivity contribution in [3.05, 3.63) is 46.9 Å². The predicted octanol–water partition coefficient (Wildman–Crippen LogP) is 2.41. The highest BCUT2D eigenvalue weighted by atomic mass is 35.5. The number of carbonyl (C=O) groups is 1. The zero-order chi connectivity index (χ0) is 17.8. The first kappa shape index (κ1) is 15.8. The quantitative estimate of drug-likeness (QED) is 0.659. The maximum absolute atomic E-state index is 13.2. The van der Waals surface area contributed by atoms with E-state index >= 15 is 0 Å². The molecule has 3 aromatic rings. The van der Waals surface area contributed by atoms with Crippen molar-refractivity contribution in [1.29, 1.82) is 0 Å². The highest BCUT2D eigenvalue weighted by Crippen LogP contribution is 2.31. The molecule has 2 atom stereocenters. The number of hydrogen-bond acceptors (Lipinski definition) is 4. The molecule has 4 heterocycles. The molecule has 0 saturated carbocycles. The molecule has 1 aromatic carbocycles. The Balaban J connectivity index is 1.46. The summed E-state index contributed by atoms with van der Waals surface area (Å²) in [5.74, 6) is 0.0190. The standard InChI is InChI=1S/C18H18ClN5O2/c1-22-14-7-12(19)3-2-11(14)6-15(22)18(25)23-5-4-17-16(9-23)24-13(10-26-17)8-20-21-24/h2-3,6-8,16-17H,4-5,9-10H2,1H3/t16-,17+/m0/s1. The molecule has 26 heavy (non-hydrogen) atoms. The van der Waals surface area contributed by atoms with Gasteiger partial charge < -0.3 is 14.2 Å². The van der Waals surface area contributed by atoms with Gasteiger partial charge in [0.25, 0.3) is 5.91 Å². The minimum Gasteiger partial charge on any atom is -0.370 e. The number of halogens is 1. The van der Waals surface area contributed by atoms with Crippen molar-refractivity contribution in [2.24, 2.45) is 7.05 Å². The zero-order valence-electron chi connectivity index (χ0n) is 14.3. The molecule has 0 aliphatic carbocycles. The van der Waals surface area contributed by atoms with Gasteiger partial charge in [-0.2, -0.15) is 0 Å². The third kappa shape index (κ3) is 2.34. The van der Waals surface area contributed by atoms with Crippen molar-refractivity contribution in [2.45, 2.75) is 25.2 Å². The fraction of sp³-hybridized carbons (Fsp3) is 0.389. The van der Waals surface area contributed by atoms with E-state index in [4.69, 9.17) is 16.3 Å². The van der Waals surface area contributed by atoms with Gasteiger partial charge in [-0.05, 0) is 24.6 Å². The Morgan fingerprint density at radius 1 is 1.35 bits per heavy atom. The number of carbonyl (C=O) groups excluding carboxylic acids is 1. The molecule has 2 aliphatic heterocycles. The molecule has 1 saturated heterocycles. The second kappa shape index (κ2) is 5.82. The largest absolute Gasteiger partial charge is 0.370 e. The first-order valence-electron chi connectivity index (χ1n) is 8.67. The van der Waals surface area contributed by atoms with E-state index in [1.807, 2.05) is 45.5 Å². The summed E-state index contributed by atoms with van der Waals surface area (Å²) in [4.78, 5) is 15.1. The number of nitrogens with zero attached hydrogens (tertiary/aromatic N) is 5. The number of rotatable bonds is 1. The molecule has 1 amide bonds. The fourth-order valence-corrected chi connectivity index (χ4v) is 4.20. The van der Waals surface area contributed by atoms with Crippen LogP contribution in [0.4, 0.5) is 0 Å². The van der Waals surface area contributed by atoms with Gasteiger partial charge in [0.2, 0.25) is 0 Å². The van der Waals surface area contributed by atoms with E-state index in [-0.39, 0.29) is 18.1 Å². The van der Waals surface area contributed by atoms with Crippen molar-refractivity contribution in [3.8, 4) is 0 Å². The van der Waals surface area contributed by atoms with Gasteiger partial charge in [-0.1, -0.05) is 22.9 Å². The van der Waals surface area contributed by atoms with Crippen molar-refractivity contribution < 1.29 is 9.53 Å². The van der Waals surface area contributed by atoms with Crippen LogP contribution < -0.4 is 0 Å². The van der Waals surface area contributed by atoms with E-state index in [2.05, 4.69) is 10.3 Å². The molecular weight excluding hydrogens is 354 g/mol. The molecule has 0 bridgehead atoms. The SMILES string of the molecule is Cn1c(C(=O)N2CC[C@H]3OCc4cnnn4[C@H]3C2)cc2ccc(Cl)cc21. The predicted molar refractivity (Wildman–Crippen MR) is 96.1 cm³/mol. The highest BCUT2D eigenvalue weighted by molar-refractivity contribution is 6.31. The van der Waals surface area contributed by atoms with Crippen LogP contribution in [0.3, 0.4) is 0 Å². The Labute approximate surface area is 155 Å². The average molecular weight is 372 g/mol. The molecule has 2 aliphatic rings. The molecule has 1 fully saturated rings. The summed E-state index contributed by atoms with van der Waals surface area (Å²) < 4.78 is 9.75. The van der Waals surface area contributed by atoms with Crippen LogP contribution >= 0.6 is 11.6 Å². The maximum atomic E-state index is 13.2. The molecule has 0 unspecified atom stereocenters. The topological polar surface area (TPSA) is 65.2 Å². The maximum Gasteiger partial charge on any atom is 0.270 e. The Bertz CT molecular complexity index is 1010. The van der Waals surface area contributed by atoms with Crippen molar-refractivity contribution >= 4 is 28.4 Å². The number of aromatic nitrogens is 4. The number of aryl methyl sites for hydroxylation is 1. The molecule has 0 N–H and O–H groups in total. The van der Waals surface area contributed by atoms with Gasteiger partial charge in [0, 0.05) is 36.1 Å². The van der Waals surface area contributed by atoms with Crippen molar-refractivity contribution in [3.63, 3.8) is 0 Å². The Morgan fingerprint density at radius 3 is 3.12 bits per heavy atom. The van der Waals surface area contributed by atoms with Crippen LogP contribution in [0.1, 0.15) is 28.6 Å². The smallest absolute Gasteiger partial charge is 0.270 e. The Kier molecular flexibility index (Phi) is 3.55. The number of benzene rings is 1. The zero-order valence-corrected chi connectivity index (χ0v) is 15.1. The molecule has 0 radical (unpaired) electrons. The molecule has 5 rings (SSSR count). The number of hydrogen-bond donors (Lipinski definition) is 0. The van der Waals surface area contributed by atoms with Gasteiger partial charge >= 0.3 is 0 Å². The second-order valence-corrected chi connectivity index (χ2v) is 7.35. The summed E-state index contributed by atoms with van der Waals surface area (Å²) in [7, 11) is 1.90. The summed E-state index contributed by atoms with van der Waals surface area (Å²) >= 11 is 6.10. The van der Waals surface area contributed by atoms with Crippen molar-refractivity contribution in [1.82, 2.24) is 24.5 Å². The van der Waals surface area contributed by atoms with E-state index in [9.17, 15) is 4.79 Å². The number of fused-ring (bicyclic) bond motifs is 4. The Morgan fingerprint density at radius 2 is 2.23 bits per heavy atom. The lowest BCUT2D eigenvalue weighted by Crippen LogP contribution is -2.50. The molecule has 0 spiro atoms. The van der Waals surface area contributed by atoms with E-state index in [0.29, 0.717) is 30.4 Å². The number of piperidine rings is 1. The van der Waals surface area contributed by atoms with Crippen LogP contribution in [0, 0.1) is 0 Å². The summed E-state index contributed by atoms with van der Waals surface area (Å²) in [6, 6.07) is 7.62. The monoisotopic (exact) mass is 371 g/mol. The summed E-state index contributed by atoms with van der Waals surface area (Å²) in [5.41, 5.74) is 2.58. The van der Waals surface area contributed by atoms with Crippen LogP contribution in [0.25, 0.3) is 10.9 Å². The molecule has 8 heteroatoms. The lowest BCUT2D eigenvalue weighted by molar-refractivity contribution is -0.0606. The molecule has 134 valence electrons. The van der Waals surface area contributed by atoms with E-state index in [1.165, 1.54) is 0 Å². The highest BCUT2D eigenvalue weighted by Gasteiger charge is 2.38. The van der Waals surface area contributed by atoms with Gasteiger partial charge in [-0.15, -0.1) is 5.10 Å². The summed E-state index contributed by atoms with van der Waals surface area (Å²) in [6.45, 7) is 1.78. The van der Waals surface area contributed by atoms with Gasteiger partial charge in [0.15, 0.2) is 0 Å². The third-order valence-electron chi connectivity index (χ3n) is 5.44. The van der Waals surface area contributed by atoms with Crippen LogP contribution in [0.2, 0.25) is 5.02 Å². The van der Waals surface area contributed by atoms with Gasteiger partial charge in [-0.25, -0.2) is 4.68 Å². The van der Waals surface area contributed by atoms with Crippen LogP contribution in [0.15, 0.2) is 30.5 Å². The first-order valence-corrected chi connectivity index (χ1v) is 9.04. The molecule has 7 nitrogen and oxygen atoms in total. The normalized spacial score (nSPS) is 22.3. The minimum absolute atomic E-state index is 0.0167. The number of likely N-dealkylation sites (tertiary alicyclic amines) is 1. The number of amides is 1. The first-order chi connectivity index (χ1) is 12.6. The second-order valence-electron chi connectivity index (χ2n) is 6.92. The van der Waals surface area contributed by atoms with Gasteiger partial charge in [-0.3, -0.25) is 4.79 Å². The third-order valence-corrected chi connectivity index (χ3v) is 5.68. The van der Waals surface area contributed by atoms with Crippen LogP contribution in [0.5, 0.6) is 0 Å². The lowest BCUT2D eigenvalue weighted by Gasteiger charge is -2.41. The number of ether oxygens (including phenoxy) is 1. The Hall–Kier alpha value is -2.38. The minimum atomic E-state index is 0.0167. The summed E-state index contributed by atoms with van der Waals surface area (Å²) in [5, 5.41) is 9.86. The van der Waals surface area contributed by atoms with Gasteiger partial charge in [0.1, 0.15) is 5.69 Å². The average Bonchev–Trinajstić information content (AvgIpc) is 3.26. The lowest BCUT2D eigenvalue weighted by atomic mass is 10.00. The van der Waals surface area contributed by atoms with Gasteiger partial charge in [0.05, 0.1) is 30.6 Å². The molecular formula is C18H18ClN5O2.